The molecule has 1 aromatic carbocycles. The van der Waals surface area contributed by atoms with Crippen LogP contribution in [0.3, 0.4) is 0 Å². The lowest BCUT2D eigenvalue weighted by atomic mass is 10.1. The van der Waals surface area contributed by atoms with Crippen LogP contribution >= 0.6 is 23.2 Å². The van der Waals surface area contributed by atoms with Gasteiger partial charge in [-0.1, -0.05) is 23.2 Å². The number of halogens is 2. The minimum Gasteiger partial charge on any atom is -0.192 e. The fraction of sp³-hybridized carbons (Fsp3) is 0.125. The maximum atomic E-state index is 8.58. The molecule has 0 bridgehead atoms. The molecule has 0 N–H and O–H groups in total. The number of hydrogen-bond acceptors (Lipinski definition) is 1. The van der Waals surface area contributed by atoms with Gasteiger partial charge in [-0.15, -0.1) is 0 Å². The van der Waals surface area contributed by atoms with Gasteiger partial charge in [0.25, 0.3) is 0 Å². The first kappa shape index (κ1) is 8.39. The Labute approximate surface area is 75.2 Å². The lowest BCUT2D eigenvalue weighted by Gasteiger charge is -2.00. The number of benzene rings is 1. The van der Waals surface area contributed by atoms with Crippen molar-refractivity contribution in [2.75, 3.05) is 0 Å². The van der Waals surface area contributed by atoms with E-state index in [1.165, 1.54) is 0 Å². The van der Waals surface area contributed by atoms with E-state index in [9.17, 15) is 0 Å². The number of hydrogen-bond donors (Lipinski definition) is 0. The van der Waals surface area contributed by atoms with Gasteiger partial charge in [0.2, 0.25) is 0 Å². The highest BCUT2D eigenvalue weighted by atomic mass is 35.5. The summed E-state index contributed by atoms with van der Waals surface area (Å²) in [5.74, 6) is 0. The minimum atomic E-state index is 0.464. The van der Waals surface area contributed by atoms with Crippen molar-refractivity contribution in [1.82, 2.24) is 0 Å². The third-order valence-corrected chi connectivity index (χ3v) is 2.36. The fourth-order valence-corrected chi connectivity index (χ4v) is 1.14. The summed E-state index contributed by atoms with van der Waals surface area (Å²) >= 11 is 11.5. The highest BCUT2D eigenvalue weighted by Gasteiger charge is 2.04. The number of rotatable bonds is 0. The summed E-state index contributed by atoms with van der Waals surface area (Å²) in [6.45, 7) is 1.77. The topological polar surface area (TPSA) is 23.8 Å². The van der Waals surface area contributed by atoms with Gasteiger partial charge in [-0.2, -0.15) is 5.26 Å². The van der Waals surface area contributed by atoms with E-state index < -0.39 is 0 Å². The Hall–Kier alpha value is -0.710. The van der Waals surface area contributed by atoms with Gasteiger partial charge in [0, 0.05) is 0 Å². The van der Waals surface area contributed by atoms with E-state index in [4.69, 9.17) is 28.5 Å². The van der Waals surface area contributed by atoms with E-state index in [1.807, 2.05) is 6.07 Å². The molecule has 0 radical (unpaired) electrons. The predicted octanol–water partition coefficient (Wildman–Crippen LogP) is 3.17. The predicted molar refractivity (Wildman–Crippen MR) is 45.9 cm³/mol. The Kier molecular flexibility index (Phi) is 2.38. The van der Waals surface area contributed by atoms with Gasteiger partial charge < -0.3 is 0 Å². The van der Waals surface area contributed by atoms with Gasteiger partial charge >= 0.3 is 0 Å². The summed E-state index contributed by atoms with van der Waals surface area (Å²) in [4.78, 5) is 0. The average molecular weight is 186 g/mol. The molecule has 0 aliphatic heterocycles. The van der Waals surface area contributed by atoms with Crippen molar-refractivity contribution in [2.45, 2.75) is 6.92 Å². The first-order valence-corrected chi connectivity index (χ1v) is 3.77. The van der Waals surface area contributed by atoms with E-state index >= 15 is 0 Å². The highest BCUT2D eigenvalue weighted by Crippen LogP contribution is 2.27. The van der Waals surface area contributed by atoms with E-state index in [0.717, 1.165) is 5.56 Å². The Morgan fingerprint density at radius 1 is 1.36 bits per heavy atom. The second kappa shape index (κ2) is 3.13. The Bertz CT molecular complexity index is 326. The Balaban J connectivity index is 3.40. The van der Waals surface area contributed by atoms with Crippen molar-refractivity contribution >= 4 is 23.2 Å². The molecule has 1 rings (SSSR count). The molecule has 0 aliphatic rings. The second-order valence-corrected chi connectivity index (χ2v) is 2.93. The molecule has 1 nitrogen and oxygen atoms in total. The lowest BCUT2D eigenvalue weighted by molar-refractivity contribution is 1.39. The first-order valence-electron chi connectivity index (χ1n) is 3.01. The minimum absolute atomic E-state index is 0.464. The molecule has 0 atom stereocenters. The quantitative estimate of drug-likeness (QED) is 0.610. The molecular formula is C8H5Cl2N. The maximum absolute atomic E-state index is 8.58. The number of nitrogens with zero attached hydrogens (tertiary/aromatic N) is 1. The monoisotopic (exact) mass is 185 g/mol. The Morgan fingerprint density at radius 2 is 2.00 bits per heavy atom. The molecule has 0 spiro atoms. The van der Waals surface area contributed by atoms with Gasteiger partial charge in [0.15, 0.2) is 0 Å². The smallest absolute Gasteiger partial charge is 0.0994 e. The molecule has 0 saturated carbocycles. The summed E-state index contributed by atoms with van der Waals surface area (Å²) < 4.78 is 0. The zero-order valence-corrected chi connectivity index (χ0v) is 7.37. The zero-order valence-electron chi connectivity index (χ0n) is 5.86. The van der Waals surface area contributed by atoms with Gasteiger partial charge in [0.1, 0.15) is 0 Å². The maximum Gasteiger partial charge on any atom is 0.0994 e. The van der Waals surface area contributed by atoms with E-state index in [-0.39, 0.29) is 0 Å². The molecule has 0 unspecified atom stereocenters. The van der Waals surface area contributed by atoms with Crippen LogP contribution in [0.2, 0.25) is 10.0 Å². The van der Waals surface area contributed by atoms with Crippen LogP contribution in [-0.2, 0) is 0 Å². The van der Waals surface area contributed by atoms with Gasteiger partial charge in [-0.3, -0.25) is 0 Å². The third-order valence-electron chi connectivity index (χ3n) is 1.46. The Morgan fingerprint density at radius 3 is 2.55 bits per heavy atom. The van der Waals surface area contributed by atoms with Crippen molar-refractivity contribution in [2.24, 2.45) is 0 Å². The summed E-state index contributed by atoms with van der Waals surface area (Å²) in [5.41, 5.74) is 1.31. The largest absolute Gasteiger partial charge is 0.192 e. The van der Waals surface area contributed by atoms with E-state index in [2.05, 4.69) is 0 Å². The molecular weight excluding hydrogens is 181 g/mol. The number of nitriles is 1. The molecule has 3 heteroatoms. The molecule has 0 heterocycles. The first-order chi connectivity index (χ1) is 5.16. The van der Waals surface area contributed by atoms with E-state index in [0.29, 0.717) is 15.6 Å². The van der Waals surface area contributed by atoms with Crippen molar-refractivity contribution in [3.8, 4) is 6.07 Å². The van der Waals surface area contributed by atoms with Crippen LogP contribution in [0.15, 0.2) is 12.1 Å². The van der Waals surface area contributed by atoms with Crippen LogP contribution < -0.4 is 0 Å². The van der Waals surface area contributed by atoms with Crippen LogP contribution in [0.5, 0.6) is 0 Å². The SMILES string of the molecule is Cc1c(C#N)ccc(Cl)c1Cl. The van der Waals surface area contributed by atoms with Gasteiger partial charge in [-0.05, 0) is 24.6 Å². The van der Waals surface area contributed by atoms with Crippen LogP contribution in [0, 0.1) is 18.3 Å². The lowest BCUT2D eigenvalue weighted by Crippen LogP contribution is -1.83. The van der Waals surface area contributed by atoms with Crippen LogP contribution in [0.25, 0.3) is 0 Å². The van der Waals surface area contributed by atoms with Crippen molar-refractivity contribution in [1.29, 1.82) is 5.26 Å². The van der Waals surface area contributed by atoms with Crippen LogP contribution in [0.1, 0.15) is 11.1 Å². The second-order valence-electron chi connectivity index (χ2n) is 2.15. The van der Waals surface area contributed by atoms with E-state index in [1.54, 1.807) is 19.1 Å². The molecule has 0 aromatic heterocycles. The van der Waals surface area contributed by atoms with Crippen LogP contribution in [-0.4, -0.2) is 0 Å². The zero-order chi connectivity index (χ0) is 8.43. The highest BCUT2D eigenvalue weighted by molar-refractivity contribution is 6.42. The molecule has 0 saturated heterocycles. The molecule has 0 amide bonds. The normalized spacial score (nSPS) is 9.27. The van der Waals surface area contributed by atoms with Crippen LogP contribution in [0.4, 0.5) is 0 Å². The summed E-state index contributed by atoms with van der Waals surface area (Å²) in [7, 11) is 0. The molecule has 1 aromatic rings. The summed E-state index contributed by atoms with van der Waals surface area (Å²) in [6.07, 6.45) is 0. The molecule has 56 valence electrons. The van der Waals surface area contributed by atoms with Gasteiger partial charge in [0.05, 0.1) is 21.7 Å². The fourth-order valence-electron chi connectivity index (χ4n) is 0.773. The molecule has 11 heavy (non-hydrogen) atoms. The van der Waals surface area contributed by atoms with Crippen molar-refractivity contribution in [3.05, 3.63) is 33.3 Å². The standard InChI is InChI=1S/C8H5Cl2N/c1-5-6(4-11)2-3-7(9)8(5)10/h2-3H,1H3. The van der Waals surface area contributed by atoms with Crippen molar-refractivity contribution < 1.29 is 0 Å². The summed E-state index contributed by atoms with van der Waals surface area (Å²) in [5, 5.41) is 9.53. The molecule has 0 fully saturated rings. The average Bonchev–Trinajstić information content (AvgIpc) is 2.01. The van der Waals surface area contributed by atoms with Gasteiger partial charge in [-0.25, -0.2) is 0 Å². The summed E-state index contributed by atoms with van der Waals surface area (Å²) in [6, 6.07) is 5.30. The molecule has 0 aliphatic carbocycles. The third kappa shape index (κ3) is 1.48. The van der Waals surface area contributed by atoms with Crippen molar-refractivity contribution in [3.63, 3.8) is 0 Å².